The molecule has 2 atom stereocenters. The van der Waals surface area contributed by atoms with Gasteiger partial charge in [0, 0.05) is 31.8 Å². The molecule has 2 unspecified atom stereocenters. The highest BCUT2D eigenvalue weighted by Crippen LogP contribution is 2.39. The molecule has 0 aliphatic heterocycles. The number of nitrogens with two attached hydrogens (primary N) is 1. The van der Waals surface area contributed by atoms with Crippen molar-refractivity contribution in [3.63, 3.8) is 0 Å². The van der Waals surface area contributed by atoms with E-state index in [4.69, 9.17) is 10.5 Å². The fourth-order valence-electron chi connectivity index (χ4n) is 3.58. The van der Waals surface area contributed by atoms with Crippen molar-refractivity contribution in [2.45, 2.75) is 70.1 Å². The number of ether oxygens (including phenoxy) is 1. The standard InChI is InChI=1S/C15H30N2O/c1-12(2)17(10-13-6-7-13)15(11-16)8-4-5-14(9-15)18-3/h12-14H,4-11,16H2,1-3H3. The van der Waals surface area contributed by atoms with Crippen LogP contribution in [0, 0.1) is 5.92 Å². The maximum Gasteiger partial charge on any atom is 0.0589 e. The highest BCUT2D eigenvalue weighted by atomic mass is 16.5. The van der Waals surface area contributed by atoms with Crippen molar-refractivity contribution in [2.24, 2.45) is 11.7 Å². The molecule has 0 bridgehead atoms. The van der Waals surface area contributed by atoms with E-state index in [1.54, 1.807) is 0 Å². The van der Waals surface area contributed by atoms with Crippen molar-refractivity contribution in [2.75, 3.05) is 20.2 Å². The van der Waals surface area contributed by atoms with Crippen molar-refractivity contribution >= 4 is 0 Å². The molecule has 0 heterocycles. The van der Waals surface area contributed by atoms with Gasteiger partial charge in [-0.2, -0.15) is 0 Å². The highest BCUT2D eigenvalue weighted by molar-refractivity contribution is 4.99. The molecular weight excluding hydrogens is 224 g/mol. The lowest BCUT2D eigenvalue weighted by molar-refractivity contribution is -0.0367. The first-order valence-electron chi connectivity index (χ1n) is 7.61. The van der Waals surface area contributed by atoms with Crippen molar-refractivity contribution in [1.29, 1.82) is 0 Å². The molecule has 3 heteroatoms. The van der Waals surface area contributed by atoms with Crippen LogP contribution in [0.15, 0.2) is 0 Å². The summed E-state index contributed by atoms with van der Waals surface area (Å²) < 4.78 is 5.62. The summed E-state index contributed by atoms with van der Waals surface area (Å²) in [7, 11) is 1.85. The summed E-state index contributed by atoms with van der Waals surface area (Å²) in [6.07, 6.45) is 8.05. The molecule has 2 N–H and O–H groups in total. The van der Waals surface area contributed by atoms with Gasteiger partial charge in [-0.3, -0.25) is 4.90 Å². The van der Waals surface area contributed by atoms with Gasteiger partial charge in [0.25, 0.3) is 0 Å². The van der Waals surface area contributed by atoms with E-state index in [0.29, 0.717) is 12.1 Å². The molecule has 0 amide bonds. The zero-order chi connectivity index (χ0) is 13.2. The number of hydrogen-bond acceptors (Lipinski definition) is 3. The predicted molar refractivity (Wildman–Crippen MR) is 75.6 cm³/mol. The molecule has 0 aromatic carbocycles. The maximum absolute atomic E-state index is 6.19. The van der Waals surface area contributed by atoms with Crippen molar-refractivity contribution in [3.05, 3.63) is 0 Å². The average molecular weight is 254 g/mol. The lowest BCUT2D eigenvalue weighted by atomic mass is 9.77. The van der Waals surface area contributed by atoms with E-state index in [1.807, 2.05) is 7.11 Å². The molecular formula is C15H30N2O. The van der Waals surface area contributed by atoms with Gasteiger partial charge in [-0.05, 0) is 58.3 Å². The molecule has 0 spiro atoms. The van der Waals surface area contributed by atoms with Crippen LogP contribution in [-0.2, 0) is 4.74 Å². The van der Waals surface area contributed by atoms with E-state index in [2.05, 4.69) is 18.7 Å². The van der Waals surface area contributed by atoms with Crippen molar-refractivity contribution in [3.8, 4) is 0 Å². The maximum atomic E-state index is 6.19. The summed E-state index contributed by atoms with van der Waals surface area (Å²) in [5.74, 6) is 0.929. The van der Waals surface area contributed by atoms with Crippen LogP contribution in [0.3, 0.4) is 0 Å². The monoisotopic (exact) mass is 254 g/mol. The Hall–Kier alpha value is -0.120. The van der Waals surface area contributed by atoms with Gasteiger partial charge in [-0.15, -0.1) is 0 Å². The number of nitrogens with zero attached hydrogens (tertiary/aromatic N) is 1. The summed E-state index contributed by atoms with van der Waals surface area (Å²) in [6.45, 7) is 6.65. The Labute approximate surface area is 112 Å². The van der Waals surface area contributed by atoms with E-state index in [-0.39, 0.29) is 5.54 Å². The SMILES string of the molecule is COC1CCCC(CN)(N(CC2CC2)C(C)C)C1. The van der Waals surface area contributed by atoms with Gasteiger partial charge in [0.15, 0.2) is 0 Å². The predicted octanol–water partition coefficient (Wildman–Crippen LogP) is 2.39. The van der Waals surface area contributed by atoms with Gasteiger partial charge < -0.3 is 10.5 Å². The lowest BCUT2D eigenvalue weighted by Gasteiger charge is -2.50. The third-order valence-electron chi connectivity index (χ3n) is 4.87. The van der Waals surface area contributed by atoms with Gasteiger partial charge in [-0.25, -0.2) is 0 Å². The smallest absolute Gasteiger partial charge is 0.0589 e. The first-order valence-corrected chi connectivity index (χ1v) is 7.61. The van der Waals surface area contributed by atoms with Crippen LogP contribution in [0.25, 0.3) is 0 Å². The Balaban J connectivity index is 2.10. The number of rotatable bonds is 6. The first kappa shape index (κ1) is 14.3. The topological polar surface area (TPSA) is 38.5 Å². The second kappa shape index (κ2) is 5.89. The molecule has 3 nitrogen and oxygen atoms in total. The Morgan fingerprint density at radius 3 is 2.56 bits per heavy atom. The molecule has 2 saturated carbocycles. The lowest BCUT2D eigenvalue weighted by Crippen LogP contribution is -2.60. The third-order valence-corrected chi connectivity index (χ3v) is 4.87. The second-order valence-electron chi connectivity index (χ2n) is 6.57. The van der Waals surface area contributed by atoms with Crippen molar-refractivity contribution in [1.82, 2.24) is 4.90 Å². The Bertz CT molecular complexity index is 265. The summed E-state index contributed by atoms with van der Waals surface area (Å²) in [5.41, 5.74) is 6.38. The fourth-order valence-corrected chi connectivity index (χ4v) is 3.58. The van der Waals surface area contributed by atoms with Crippen LogP contribution in [0.2, 0.25) is 0 Å². The van der Waals surface area contributed by atoms with Crippen molar-refractivity contribution < 1.29 is 4.74 Å². The average Bonchev–Trinajstić information content (AvgIpc) is 3.19. The van der Waals surface area contributed by atoms with E-state index in [0.717, 1.165) is 18.9 Å². The minimum absolute atomic E-state index is 0.190. The van der Waals surface area contributed by atoms with E-state index < -0.39 is 0 Å². The van der Waals surface area contributed by atoms with Gasteiger partial charge in [0.05, 0.1) is 6.10 Å². The first-order chi connectivity index (χ1) is 8.61. The molecule has 2 aliphatic rings. The summed E-state index contributed by atoms with van der Waals surface area (Å²) in [5, 5.41) is 0. The molecule has 2 fully saturated rings. The minimum Gasteiger partial charge on any atom is -0.381 e. The molecule has 18 heavy (non-hydrogen) atoms. The quantitative estimate of drug-likeness (QED) is 0.791. The molecule has 2 aliphatic carbocycles. The molecule has 106 valence electrons. The molecule has 0 saturated heterocycles. The normalized spacial score (nSPS) is 33.3. The van der Waals surface area contributed by atoms with Crippen LogP contribution < -0.4 is 5.73 Å². The van der Waals surface area contributed by atoms with Gasteiger partial charge in [-0.1, -0.05) is 0 Å². The molecule has 0 aromatic rings. The van der Waals surface area contributed by atoms with E-state index in [9.17, 15) is 0 Å². The van der Waals surface area contributed by atoms with Crippen LogP contribution in [0.4, 0.5) is 0 Å². The highest BCUT2D eigenvalue weighted by Gasteiger charge is 2.43. The largest absolute Gasteiger partial charge is 0.381 e. The molecule has 2 rings (SSSR count). The number of hydrogen-bond donors (Lipinski definition) is 1. The zero-order valence-electron chi connectivity index (χ0n) is 12.3. The minimum atomic E-state index is 0.190. The van der Waals surface area contributed by atoms with Crippen LogP contribution in [0.5, 0.6) is 0 Å². The van der Waals surface area contributed by atoms with E-state index >= 15 is 0 Å². The zero-order valence-corrected chi connectivity index (χ0v) is 12.3. The number of methoxy groups -OCH3 is 1. The Morgan fingerprint density at radius 2 is 2.06 bits per heavy atom. The molecule has 0 radical (unpaired) electrons. The summed E-state index contributed by atoms with van der Waals surface area (Å²) >= 11 is 0. The summed E-state index contributed by atoms with van der Waals surface area (Å²) in [4.78, 5) is 2.69. The van der Waals surface area contributed by atoms with Gasteiger partial charge in [0.2, 0.25) is 0 Å². The Kier molecular flexibility index (Phi) is 4.68. The van der Waals surface area contributed by atoms with Crippen LogP contribution in [0.1, 0.15) is 52.4 Å². The molecule has 0 aromatic heterocycles. The van der Waals surface area contributed by atoms with Crippen LogP contribution >= 0.6 is 0 Å². The second-order valence-corrected chi connectivity index (χ2v) is 6.57. The summed E-state index contributed by atoms with van der Waals surface area (Å²) in [6, 6.07) is 0.588. The van der Waals surface area contributed by atoms with Crippen LogP contribution in [-0.4, -0.2) is 42.8 Å². The van der Waals surface area contributed by atoms with E-state index in [1.165, 1.54) is 38.6 Å². The third kappa shape index (κ3) is 3.06. The van der Waals surface area contributed by atoms with Gasteiger partial charge >= 0.3 is 0 Å². The van der Waals surface area contributed by atoms with Gasteiger partial charge in [0.1, 0.15) is 0 Å². The fraction of sp³-hybridized carbons (Fsp3) is 1.00. The Morgan fingerprint density at radius 1 is 1.33 bits per heavy atom.